The van der Waals surface area contributed by atoms with Gasteiger partial charge in [0.1, 0.15) is 5.75 Å². The van der Waals surface area contributed by atoms with Crippen LogP contribution in [0, 0.1) is 0 Å². The fourth-order valence-electron chi connectivity index (χ4n) is 0.980. The standard InChI is InChI=1S/C11H12O3/c1-2-10(13)11(8-12)14-9-6-4-3-5-7-9/h2-7,11-12H,1,8H2. The molecule has 0 radical (unpaired) electrons. The predicted molar refractivity (Wildman–Crippen MR) is 53.1 cm³/mol. The Labute approximate surface area is 82.6 Å². The van der Waals surface area contributed by atoms with E-state index in [1.165, 1.54) is 0 Å². The van der Waals surface area contributed by atoms with Crippen LogP contribution in [0.1, 0.15) is 0 Å². The molecule has 0 aliphatic heterocycles. The number of aliphatic hydroxyl groups is 1. The maximum Gasteiger partial charge on any atom is 0.197 e. The Morgan fingerprint density at radius 1 is 1.50 bits per heavy atom. The molecule has 1 aromatic rings. The number of ketones is 1. The summed E-state index contributed by atoms with van der Waals surface area (Å²) < 4.78 is 5.25. The zero-order chi connectivity index (χ0) is 10.4. The second-order valence-electron chi connectivity index (χ2n) is 2.71. The van der Waals surface area contributed by atoms with E-state index >= 15 is 0 Å². The first-order valence-corrected chi connectivity index (χ1v) is 4.26. The highest BCUT2D eigenvalue weighted by atomic mass is 16.5. The fourth-order valence-corrected chi connectivity index (χ4v) is 0.980. The van der Waals surface area contributed by atoms with Gasteiger partial charge >= 0.3 is 0 Å². The zero-order valence-electron chi connectivity index (χ0n) is 7.72. The molecule has 0 aromatic heterocycles. The lowest BCUT2D eigenvalue weighted by molar-refractivity contribution is -0.122. The van der Waals surface area contributed by atoms with Gasteiger partial charge in [0.05, 0.1) is 6.61 Å². The number of carbonyl (C=O) groups is 1. The van der Waals surface area contributed by atoms with E-state index in [0.29, 0.717) is 5.75 Å². The van der Waals surface area contributed by atoms with Crippen LogP contribution in [0.15, 0.2) is 43.0 Å². The Bertz CT molecular complexity index is 306. The van der Waals surface area contributed by atoms with E-state index in [2.05, 4.69) is 6.58 Å². The molecule has 1 atom stereocenters. The smallest absolute Gasteiger partial charge is 0.197 e. The maximum absolute atomic E-state index is 11.1. The lowest BCUT2D eigenvalue weighted by Gasteiger charge is -2.13. The molecule has 3 nitrogen and oxygen atoms in total. The Kier molecular flexibility index (Phi) is 3.88. The van der Waals surface area contributed by atoms with Crippen molar-refractivity contribution in [2.45, 2.75) is 6.10 Å². The van der Waals surface area contributed by atoms with E-state index < -0.39 is 6.10 Å². The van der Waals surface area contributed by atoms with Gasteiger partial charge in [0.2, 0.25) is 0 Å². The minimum absolute atomic E-state index is 0.323. The molecule has 74 valence electrons. The second kappa shape index (κ2) is 5.19. The van der Waals surface area contributed by atoms with Gasteiger partial charge in [0.25, 0.3) is 0 Å². The summed E-state index contributed by atoms with van der Waals surface area (Å²) in [4.78, 5) is 11.1. The molecule has 1 unspecified atom stereocenters. The van der Waals surface area contributed by atoms with E-state index in [4.69, 9.17) is 9.84 Å². The van der Waals surface area contributed by atoms with Crippen molar-refractivity contribution < 1.29 is 14.6 Å². The van der Waals surface area contributed by atoms with Crippen LogP contribution in [-0.4, -0.2) is 23.6 Å². The number of carbonyl (C=O) groups excluding carboxylic acids is 1. The number of para-hydroxylation sites is 1. The van der Waals surface area contributed by atoms with Crippen LogP contribution < -0.4 is 4.74 Å². The highest BCUT2D eigenvalue weighted by Gasteiger charge is 2.15. The Balaban J connectivity index is 2.66. The van der Waals surface area contributed by atoms with Gasteiger partial charge in [0.15, 0.2) is 11.9 Å². The first-order valence-electron chi connectivity index (χ1n) is 4.26. The third-order valence-corrected chi connectivity index (χ3v) is 1.71. The SMILES string of the molecule is C=CC(=O)C(CO)Oc1ccccc1. The van der Waals surface area contributed by atoms with E-state index in [9.17, 15) is 4.79 Å². The topological polar surface area (TPSA) is 46.5 Å². The summed E-state index contributed by atoms with van der Waals surface area (Å²) in [5.74, 6) is 0.234. The van der Waals surface area contributed by atoms with Gasteiger partial charge in [-0.05, 0) is 18.2 Å². The largest absolute Gasteiger partial charge is 0.480 e. The molecule has 0 spiro atoms. The van der Waals surface area contributed by atoms with Crippen LogP contribution in [0.5, 0.6) is 5.75 Å². The average molecular weight is 192 g/mol. The molecular weight excluding hydrogens is 180 g/mol. The van der Waals surface area contributed by atoms with E-state index in [-0.39, 0.29) is 12.4 Å². The molecule has 0 saturated heterocycles. The molecule has 1 N–H and O–H groups in total. The van der Waals surface area contributed by atoms with E-state index in [1.807, 2.05) is 6.07 Å². The molecular formula is C11H12O3. The summed E-state index contributed by atoms with van der Waals surface area (Å²) in [7, 11) is 0. The van der Waals surface area contributed by atoms with Crippen molar-refractivity contribution in [3.63, 3.8) is 0 Å². The molecule has 0 bridgehead atoms. The van der Waals surface area contributed by atoms with Crippen LogP contribution >= 0.6 is 0 Å². The van der Waals surface area contributed by atoms with Gasteiger partial charge in [-0.3, -0.25) is 4.79 Å². The Hall–Kier alpha value is -1.61. The van der Waals surface area contributed by atoms with Gasteiger partial charge < -0.3 is 9.84 Å². The molecule has 0 heterocycles. The van der Waals surface area contributed by atoms with Gasteiger partial charge in [-0.2, -0.15) is 0 Å². The quantitative estimate of drug-likeness (QED) is 0.712. The first-order chi connectivity index (χ1) is 6.77. The molecule has 0 aliphatic rings. The molecule has 3 heteroatoms. The zero-order valence-corrected chi connectivity index (χ0v) is 7.72. The average Bonchev–Trinajstić information content (AvgIpc) is 2.26. The number of aliphatic hydroxyl groups excluding tert-OH is 1. The Morgan fingerprint density at radius 2 is 2.14 bits per heavy atom. The summed E-state index contributed by atoms with van der Waals surface area (Å²) in [5, 5.41) is 8.90. The number of hydrogen-bond acceptors (Lipinski definition) is 3. The fraction of sp³-hybridized carbons (Fsp3) is 0.182. The van der Waals surface area contributed by atoms with Crippen LogP contribution in [0.2, 0.25) is 0 Å². The molecule has 0 saturated carbocycles. The third kappa shape index (κ3) is 2.71. The van der Waals surface area contributed by atoms with Gasteiger partial charge in [0, 0.05) is 0 Å². The van der Waals surface area contributed by atoms with Crippen molar-refractivity contribution in [2.75, 3.05) is 6.61 Å². The van der Waals surface area contributed by atoms with Crippen LogP contribution in [0.4, 0.5) is 0 Å². The summed E-state index contributed by atoms with van der Waals surface area (Å²) in [6, 6.07) is 8.87. The maximum atomic E-state index is 11.1. The molecule has 1 rings (SSSR count). The highest BCUT2D eigenvalue weighted by molar-refractivity contribution is 5.93. The lowest BCUT2D eigenvalue weighted by atomic mass is 10.2. The van der Waals surface area contributed by atoms with Crippen LogP contribution in [0.25, 0.3) is 0 Å². The summed E-state index contributed by atoms with van der Waals surface area (Å²) in [6.45, 7) is 2.98. The predicted octanol–water partition coefficient (Wildman–Crippen LogP) is 1.18. The first kappa shape index (κ1) is 10.5. The van der Waals surface area contributed by atoms with Crippen molar-refractivity contribution in [3.8, 4) is 5.75 Å². The monoisotopic (exact) mass is 192 g/mol. The minimum Gasteiger partial charge on any atom is -0.480 e. The summed E-state index contributed by atoms with van der Waals surface area (Å²) in [5.41, 5.74) is 0. The van der Waals surface area contributed by atoms with Crippen LogP contribution in [-0.2, 0) is 4.79 Å². The molecule has 0 aliphatic carbocycles. The molecule has 0 fully saturated rings. The third-order valence-electron chi connectivity index (χ3n) is 1.71. The second-order valence-corrected chi connectivity index (χ2v) is 2.71. The molecule has 0 amide bonds. The Morgan fingerprint density at radius 3 is 2.64 bits per heavy atom. The van der Waals surface area contributed by atoms with Gasteiger partial charge in [-0.1, -0.05) is 24.8 Å². The normalized spacial score (nSPS) is 11.8. The number of benzene rings is 1. The summed E-state index contributed by atoms with van der Waals surface area (Å²) in [6.07, 6.45) is 0.291. The lowest BCUT2D eigenvalue weighted by Crippen LogP contribution is -2.29. The number of hydrogen-bond donors (Lipinski definition) is 1. The van der Waals surface area contributed by atoms with Crippen molar-refractivity contribution in [2.24, 2.45) is 0 Å². The molecule has 14 heavy (non-hydrogen) atoms. The summed E-state index contributed by atoms with van der Waals surface area (Å²) >= 11 is 0. The van der Waals surface area contributed by atoms with E-state index in [0.717, 1.165) is 6.08 Å². The van der Waals surface area contributed by atoms with Crippen molar-refractivity contribution >= 4 is 5.78 Å². The minimum atomic E-state index is -0.852. The van der Waals surface area contributed by atoms with Crippen molar-refractivity contribution in [1.29, 1.82) is 0 Å². The number of ether oxygens (including phenoxy) is 1. The van der Waals surface area contributed by atoms with E-state index in [1.54, 1.807) is 24.3 Å². The van der Waals surface area contributed by atoms with Crippen molar-refractivity contribution in [1.82, 2.24) is 0 Å². The van der Waals surface area contributed by atoms with Crippen LogP contribution in [0.3, 0.4) is 0 Å². The van der Waals surface area contributed by atoms with Gasteiger partial charge in [-0.25, -0.2) is 0 Å². The van der Waals surface area contributed by atoms with Crippen molar-refractivity contribution in [3.05, 3.63) is 43.0 Å². The highest BCUT2D eigenvalue weighted by Crippen LogP contribution is 2.11. The molecule has 1 aromatic carbocycles. The van der Waals surface area contributed by atoms with Gasteiger partial charge in [-0.15, -0.1) is 0 Å². The number of rotatable bonds is 5.